The van der Waals surface area contributed by atoms with Crippen LogP contribution in [0.3, 0.4) is 0 Å². The highest BCUT2D eigenvalue weighted by Gasteiger charge is 2.60. The van der Waals surface area contributed by atoms with Gasteiger partial charge in [-0.3, -0.25) is 24.5 Å². The smallest absolute Gasteiger partial charge is 0.269 e. The third-order valence-corrected chi connectivity index (χ3v) is 6.59. The number of benzene rings is 4. The Labute approximate surface area is 200 Å². The fraction of sp³-hybridized carbons (Fsp3) is 0.111. The lowest BCUT2D eigenvalue weighted by molar-refractivity contribution is -0.384. The summed E-state index contributed by atoms with van der Waals surface area (Å²) in [5, 5.41) is 14.7. The first-order valence-electron chi connectivity index (χ1n) is 11.2. The lowest BCUT2D eigenvalue weighted by Crippen LogP contribution is -2.37. The number of fused-ring (bicyclic) bond motifs is 2. The van der Waals surface area contributed by atoms with E-state index in [0.29, 0.717) is 0 Å². The lowest BCUT2D eigenvalue weighted by atomic mass is 9.87. The molecule has 6 rings (SSSR count). The quantitative estimate of drug-likeness (QED) is 0.244. The van der Waals surface area contributed by atoms with Crippen LogP contribution in [0, 0.1) is 16.0 Å². The summed E-state index contributed by atoms with van der Waals surface area (Å²) in [5.41, 5.74) is 1.79. The van der Waals surface area contributed by atoms with Crippen LogP contribution in [0.4, 0.5) is 17.1 Å². The van der Waals surface area contributed by atoms with E-state index in [1.54, 1.807) is 5.06 Å². The molecular weight excluding hydrogens is 446 g/mol. The van der Waals surface area contributed by atoms with Crippen LogP contribution in [-0.2, 0) is 14.4 Å². The van der Waals surface area contributed by atoms with Gasteiger partial charge in [-0.2, -0.15) is 0 Å². The third-order valence-electron chi connectivity index (χ3n) is 6.59. The molecule has 0 saturated carbocycles. The Hall–Kier alpha value is -4.56. The number of hydrogen-bond acceptors (Lipinski definition) is 6. The molecule has 0 spiro atoms. The van der Waals surface area contributed by atoms with Crippen molar-refractivity contribution >= 4 is 39.6 Å². The van der Waals surface area contributed by atoms with Crippen LogP contribution < -0.4 is 9.96 Å². The highest BCUT2D eigenvalue weighted by atomic mass is 16.7. The van der Waals surface area contributed by atoms with Gasteiger partial charge in [-0.05, 0) is 40.6 Å². The molecule has 2 aliphatic heterocycles. The molecule has 2 fully saturated rings. The molecule has 172 valence electrons. The fourth-order valence-corrected chi connectivity index (χ4v) is 5.02. The van der Waals surface area contributed by atoms with Gasteiger partial charge in [0.15, 0.2) is 6.10 Å². The zero-order valence-electron chi connectivity index (χ0n) is 18.4. The minimum absolute atomic E-state index is 0.117. The molecule has 8 heteroatoms. The summed E-state index contributed by atoms with van der Waals surface area (Å²) in [4.78, 5) is 45.0. The number of carbonyl (C=O) groups excluding carboxylic acids is 2. The van der Waals surface area contributed by atoms with Gasteiger partial charge in [-0.15, -0.1) is 0 Å². The van der Waals surface area contributed by atoms with Crippen LogP contribution in [-0.4, -0.2) is 22.8 Å². The van der Waals surface area contributed by atoms with E-state index in [2.05, 4.69) is 0 Å². The van der Waals surface area contributed by atoms with Crippen molar-refractivity contribution in [1.29, 1.82) is 0 Å². The number of hydroxylamine groups is 1. The molecule has 8 nitrogen and oxygen atoms in total. The maximum absolute atomic E-state index is 13.8. The van der Waals surface area contributed by atoms with Crippen molar-refractivity contribution < 1.29 is 19.3 Å². The molecule has 3 atom stereocenters. The lowest BCUT2D eigenvalue weighted by Gasteiger charge is -2.29. The molecule has 4 aromatic rings. The van der Waals surface area contributed by atoms with Gasteiger partial charge < -0.3 is 0 Å². The Morgan fingerprint density at radius 2 is 1.43 bits per heavy atom. The summed E-state index contributed by atoms with van der Waals surface area (Å²) < 4.78 is 0. The highest BCUT2D eigenvalue weighted by molar-refractivity contribution is 6.24. The molecule has 4 aromatic carbocycles. The summed E-state index contributed by atoms with van der Waals surface area (Å²) >= 11 is 0. The Morgan fingerprint density at radius 3 is 2.17 bits per heavy atom. The van der Waals surface area contributed by atoms with Crippen molar-refractivity contribution in [3.05, 3.63) is 113 Å². The van der Waals surface area contributed by atoms with Gasteiger partial charge in [0.05, 0.1) is 22.3 Å². The summed E-state index contributed by atoms with van der Waals surface area (Å²) in [7, 11) is 0. The van der Waals surface area contributed by atoms with Gasteiger partial charge in [-0.1, -0.05) is 60.7 Å². The van der Waals surface area contributed by atoms with E-state index < -0.39 is 34.8 Å². The molecule has 2 heterocycles. The average Bonchev–Trinajstić information content (AvgIpc) is 3.40. The molecule has 0 aliphatic carbocycles. The van der Waals surface area contributed by atoms with Crippen LogP contribution in [0.1, 0.15) is 11.6 Å². The number of hydrogen-bond donors (Lipinski definition) is 0. The van der Waals surface area contributed by atoms with Crippen molar-refractivity contribution in [2.24, 2.45) is 5.92 Å². The molecule has 35 heavy (non-hydrogen) atoms. The Balaban J connectivity index is 1.47. The molecule has 0 bridgehead atoms. The Morgan fingerprint density at radius 1 is 0.743 bits per heavy atom. The van der Waals surface area contributed by atoms with E-state index in [1.165, 1.54) is 24.3 Å². The van der Waals surface area contributed by atoms with Gasteiger partial charge >= 0.3 is 0 Å². The van der Waals surface area contributed by atoms with Gasteiger partial charge in [0.1, 0.15) is 5.92 Å². The van der Waals surface area contributed by atoms with Crippen LogP contribution in [0.5, 0.6) is 0 Å². The zero-order chi connectivity index (χ0) is 24.1. The summed E-state index contributed by atoms with van der Waals surface area (Å²) in [6.07, 6.45) is -1.01. The molecule has 2 saturated heterocycles. The van der Waals surface area contributed by atoms with Crippen molar-refractivity contribution in [2.45, 2.75) is 12.1 Å². The molecule has 2 aliphatic rings. The van der Waals surface area contributed by atoms with Gasteiger partial charge in [-0.25, -0.2) is 9.96 Å². The summed E-state index contributed by atoms with van der Waals surface area (Å²) in [5.74, 6) is -1.67. The van der Waals surface area contributed by atoms with E-state index >= 15 is 0 Å². The highest BCUT2D eigenvalue weighted by Crippen LogP contribution is 2.48. The number of carbonyl (C=O) groups is 2. The number of non-ortho nitro benzene ring substituents is 1. The van der Waals surface area contributed by atoms with Gasteiger partial charge in [0, 0.05) is 12.1 Å². The Bertz CT molecular complexity index is 1470. The Kier molecular flexibility index (Phi) is 4.82. The predicted molar refractivity (Wildman–Crippen MR) is 130 cm³/mol. The number of nitrogens with zero attached hydrogens (tertiary/aromatic N) is 3. The van der Waals surface area contributed by atoms with Crippen molar-refractivity contribution in [3.8, 4) is 0 Å². The van der Waals surface area contributed by atoms with Crippen LogP contribution in [0.25, 0.3) is 10.8 Å². The first-order chi connectivity index (χ1) is 17.0. The number of amides is 2. The van der Waals surface area contributed by atoms with Crippen LogP contribution in [0.15, 0.2) is 97.1 Å². The fourth-order valence-electron chi connectivity index (χ4n) is 5.02. The molecule has 0 N–H and O–H groups in total. The number of imide groups is 1. The zero-order valence-corrected chi connectivity index (χ0v) is 18.4. The van der Waals surface area contributed by atoms with E-state index in [9.17, 15) is 19.7 Å². The van der Waals surface area contributed by atoms with E-state index in [0.717, 1.165) is 26.9 Å². The SMILES string of the molecule is O=C1[C@@H]2[C@H](ON(c3ccccc3)[C@H]2c2cccc3ccccc23)C(=O)N1c1ccc([N+](=O)[O-])cc1. The van der Waals surface area contributed by atoms with Crippen molar-refractivity contribution in [3.63, 3.8) is 0 Å². The molecule has 0 radical (unpaired) electrons. The maximum atomic E-state index is 13.8. The number of rotatable bonds is 4. The molecule has 2 amide bonds. The molecule has 0 aromatic heterocycles. The molecule has 0 unspecified atom stereocenters. The topological polar surface area (TPSA) is 93.0 Å². The maximum Gasteiger partial charge on any atom is 0.269 e. The summed E-state index contributed by atoms with van der Waals surface area (Å²) in [6.45, 7) is 0. The monoisotopic (exact) mass is 465 g/mol. The second kappa shape index (κ2) is 8.03. The van der Waals surface area contributed by atoms with Crippen LogP contribution in [0.2, 0.25) is 0 Å². The first-order valence-corrected chi connectivity index (χ1v) is 11.2. The first kappa shape index (κ1) is 21.0. The van der Waals surface area contributed by atoms with Gasteiger partial charge in [0.25, 0.3) is 11.6 Å². The average molecular weight is 465 g/mol. The minimum Gasteiger partial charge on any atom is -0.273 e. The second-order valence-electron chi connectivity index (χ2n) is 8.51. The number of anilines is 2. The summed E-state index contributed by atoms with van der Waals surface area (Å²) in [6, 6.07) is 28.0. The normalized spacial score (nSPS) is 21.5. The van der Waals surface area contributed by atoms with E-state index in [4.69, 9.17) is 4.84 Å². The van der Waals surface area contributed by atoms with Crippen LogP contribution >= 0.6 is 0 Å². The third kappa shape index (κ3) is 3.26. The van der Waals surface area contributed by atoms with E-state index in [1.807, 2.05) is 72.8 Å². The largest absolute Gasteiger partial charge is 0.273 e. The standard InChI is InChI=1S/C27H19N3O5/c31-26-23-24(22-12-6-8-17-7-4-5-11-21(17)22)29(19-9-2-1-3-10-19)35-25(23)27(32)28(26)18-13-15-20(16-14-18)30(33)34/h1-16,23-25H/t23-,24-,25-/m0/s1. The van der Waals surface area contributed by atoms with E-state index in [-0.39, 0.29) is 11.4 Å². The second-order valence-corrected chi connectivity index (χ2v) is 8.51. The molecular formula is C27H19N3O5. The number of para-hydroxylation sites is 1. The minimum atomic E-state index is -1.01. The predicted octanol–water partition coefficient (Wildman–Crippen LogP) is 4.80. The number of nitro groups is 1. The van der Waals surface area contributed by atoms with Crippen molar-refractivity contribution in [2.75, 3.05) is 9.96 Å². The van der Waals surface area contributed by atoms with Crippen molar-refractivity contribution in [1.82, 2.24) is 0 Å². The number of nitro benzene ring substituents is 1. The van der Waals surface area contributed by atoms with Gasteiger partial charge in [0.2, 0.25) is 5.91 Å².